The lowest BCUT2D eigenvalue weighted by Gasteiger charge is -2.08. The average molecular weight is 275 g/mol. The van der Waals surface area contributed by atoms with Crippen LogP contribution in [0.5, 0.6) is 11.5 Å². The molecule has 0 aliphatic rings. The third-order valence-corrected chi connectivity index (χ3v) is 2.92. The quantitative estimate of drug-likeness (QED) is 0.688. The maximum absolute atomic E-state index is 13.9. The van der Waals surface area contributed by atoms with Crippen molar-refractivity contribution >= 4 is 11.5 Å². The van der Waals surface area contributed by atoms with Gasteiger partial charge in [-0.2, -0.15) is 0 Å². The van der Waals surface area contributed by atoms with Gasteiger partial charge in [-0.25, -0.2) is 4.39 Å². The molecule has 0 aromatic heterocycles. The number of carbonyl (C=O) groups is 1. The first kappa shape index (κ1) is 13.9. The van der Waals surface area contributed by atoms with Gasteiger partial charge in [-0.1, -0.05) is 0 Å². The summed E-state index contributed by atoms with van der Waals surface area (Å²) in [6, 6.07) is 8.66. The largest absolute Gasteiger partial charge is 0.497 e. The molecule has 20 heavy (non-hydrogen) atoms. The van der Waals surface area contributed by atoms with Gasteiger partial charge in [0.25, 0.3) is 0 Å². The fourth-order valence-electron chi connectivity index (χ4n) is 1.81. The van der Waals surface area contributed by atoms with Gasteiger partial charge >= 0.3 is 0 Å². The molecule has 0 saturated heterocycles. The minimum atomic E-state index is -0.634. The standard InChI is InChI=1S/C15H14FNO3/c1-19-10-4-5-11(12(16)8-10)15(18)9-3-6-13(17)14(7-9)20-2/h3-8H,17H2,1-2H3. The Morgan fingerprint density at radius 1 is 1.10 bits per heavy atom. The molecule has 0 amide bonds. The summed E-state index contributed by atoms with van der Waals surface area (Å²) in [5.41, 5.74) is 6.37. The number of methoxy groups -OCH3 is 2. The van der Waals surface area contributed by atoms with E-state index in [1.165, 1.54) is 44.6 Å². The van der Waals surface area contributed by atoms with E-state index in [4.69, 9.17) is 15.2 Å². The monoisotopic (exact) mass is 275 g/mol. The minimum absolute atomic E-state index is 0.0300. The SMILES string of the molecule is COc1ccc(C(=O)c2ccc(N)c(OC)c2)c(F)c1. The van der Waals surface area contributed by atoms with E-state index in [2.05, 4.69) is 0 Å². The Morgan fingerprint density at radius 2 is 1.85 bits per heavy atom. The summed E-state index contributed by atoms with van der Waals surface area (Å²) in [5.74, 6) is -0.340. The fourth-order valence-corrected chi connectivity index (χ4v) is 1.81. The van der Waals surface area contributed by atoms with Crippen molar-refractivity contribution in [3.63, 3.8) is 0 Å². The number of anilines is 1. The van der Waals surface area contributed by atoms with Gasteiger partial charge < -0.3 is 15.2 Å². The second-order valence-corrected chi connectivity index (χ2v) is 4.13. The van der Waals surface area contributed by atoms with Gasteiger partial charge in [0.2, 0.25) is 0 Å². The molecule has 5 heteroatoms. The zero-order valence-electron chi connectivity index (χ0n) is 11.1. The number of hydrogen-bond donors (Lipinski definition) is 1. The molecule has 4 nitrogen and oxygen atoms in total. The van der Waals surface area contributed by atoms with Crippen molar-refractivity contribution in [3.05, 3.63) is 53.3 Å². The number of hydrogen-bond acceptors (Lipinski definition) is 4. The van der Waals surface area contributed by atoms with Gasteiger partial charge in [0.1, 0.15) is 17.3 Å². The summed E-state index contributed by atoms with van der Waals surface area (Å²) in [4.78, 5) is 12.3. The fraction of sp³-hybridized carbons (Fsp3) is 0.133. The van der Waals surface area contributed by atoms with Crippen molar-refractivity contribution in [2.45, 2.75) is 0 Å². The summed E-state index contributed by atoms with van der Waals surface area (Å²) in [7, 11) is 2.88. The molecule has 0 saturated carbocycles. The predicted molar refractivity (Wildman–Crippen MR) is 73.8 cm³/mol. The normalized spacial score (nSPS) is 10.2. The molecule has 0 radical (unpaired) electrons. The van der Waals surface area contributed by atoms with E-state index in [-0.39, 0.29) is 5.56 Å². The highest BCUT2D eigenvalue weighted by Gasteiger charge is 2.16. The number of benzene rings is 2. The molecule has 0 heterocycles. The predicted octanol–water partition coefficient (Wildman–Crippen LogP) is 2.66. The molecule has 0 bridgehead atoms. The number of ether oxygens (including phenoxy) is 2. The van der Waals surface area contributed by atoms with Gasteiger partial charge in [-0.15, -0.1) is 0 Å². The summed E-state index contributed by atoms with van der Waals surface area (Å²) in [5, 5.41) is 0. The highest BCUT2D eigenvalue weighted by Crippen LogP contribution is 2.25. The van der Waals surface area contributed by atoms with Crippen LogP contribution in [0.3, 0.4) is 0 Å². The summed E-state index contributed by atoms with van der Waals surface area (Å²) < 4.78 is 23.8. The molecule has 2 N–H and O–H groups in total. The summed E-state index contributed by atoms with van der Waals surface area (Å²) >= 11 is 0. The first-order valence-electron chi connectivity index (χ1n) is 5.88. The van der Waals surface area contributed by atoms with E-state index >= 15 is 0 Å². The first-order chi connectivity index (χ1) is 9.56. The number of nitrogens with two attached hydrogens (primary N) is 1. The van der Waals surface area contributed by atoms with Gasteiger partial charge in [-0.05, 0) is 30.3 Å². The van der Waals surface area contributed by atoms with E-state index < -0.39 is 11.6 Å². The molecule has 0 fully saturated rings. The molecule has 0 atom stereocenters. The van der Waals surface area contributed by atoms with Crippen molar-refractivity contribution in [3.8, 4) is 11.5 Å². The van der Waals surface area contributed by atoms with Crippen LogP contribution in [0.2, 0.25) is 0 Å². The molecule has 2 rings (SSSR count). The van der Waals surface area contributed by atoms with Crippen molar-refractivity contribution in [2.75, 3.05) is 20.0 Å². The zero-order valence-corrected chi connectivity index (χ0v) is 11.1. The number of carbonyl (C=O) groups excluding carboxylic acids is 1. The molecule has 2 aromatic rings. The molecule has 0 spiro atoms. The van der Waals surface area contributed by atoms with Crippen molar-refractivity contribution in [2.24, 2.45) is 0 Å². The topological polar surface area (TPSA) is 61.5 Å². The van der Waals surface area contributed by atoms with E-state index in [9.17, 15) is 9.18 Å². The van der Waals surface area contributed by atoms with Crippen molar-refractivity contribution < 1.29 is 18.7 Å². The third-order valence-electron chi connectivity index (χ3n) is 2.92. The summed E-state index contributed by atoms with van der Waals surface area (Å²) in [6.45, 7) is 0. The van der Waals surface area contributed by atoms with Crippen molar-refractivity contribution in [1.82, 2.24) is 0 Å². The lowest BCUT2D eigenvalue weighted by Crippen LogP contribution is -2.05. The Hall–Kier alpha value is -2.56. The van der Waals surface area contributed by atoms with Crippen LogP contribution < -0.4 is 15.2 Å². The van der Waals surface area contributed by atoms with E-state index in [1.54, 1.807) is 6.07 Å². The highest BCUT2D eigenvalue weighted by molar-refractivity contribution is 6.09. The molecule has 0 unspecified atom stereocenters. The number of halogens is 1. The van der Waals surface area contributed by atoms with E-state index in [0.717, 1.165) is 0 Å². The Labute approximate surface area is 115 Å². The lowest BCUT2D eigenvalue weighted by molar-refractivity contribution is 0.103. The van der Waals surface area contributed by atoms with Crippen LogP contribution >= 0.6 is 0 Å². The summed E-state index contributed by atoms with van der Waals surface area (Å²) in [6.07, 6.45) is 0. The number of nitrogen functional groups attached to an aromatic ring is 1. The molecular weight excluding hydrogens is 261 g/mol. The van der Waals surface area contributed by atoms with Crippen LogP contribution in [0.1, 0.15) is 15.9 Å². The number of ketones is 1. The Balaban J connectivity index is 2.41. The van der Waals surface area contributed by atoms with Crippen molar-refractivity contribution in [1.29, 1.82) is 0 Å². The van der Waals surface area contributed by atoms with Gasteiger partial charge in [0, 0.05) is 11.6 Å². The lowest BCUT2D eigenvalue weighted by atomic mass is 10.0. The molecule has 0 aliphatic heterocycles. The van der Waals surface area contributed by atoms with Gasteiger partial charge in [0.15, 0.2) is 5.78 Å². The molecule has 2 aromatic carbocycles. The molecule has 104 valence electrons. The second-order valence-electron chi connectivity index (χ2n) is 4.13. The molecule has 0 aliphatic carbocycles. The van der Waals surface area contributed by atoms with Crippen LogP contribution in [-0.4, -0.2) is 20.0 Å². The minimum Gasteiger partial charge on any atom is -0.497 e. The zero-order chi connectivity index (χ0) is 14.7. The van der Waals surface area contributed by atoms with Crippen LogP contribution in [0, 0.1) is 5.82 Å². The van der Waals surface area contributed by atoms with E-state index in [1.807, 2.05) is 0 Å². The third kappa shape index (κ3) is 2.56. The Kier molecular flexibility index (Phi) is 3.89. The highest BCUT2D eigenvalue weighted by atomic mass is 19.1. The number of rotatable bonds is 4. The van der Waals surface area contributed by atoms with Gasteiger partial charge in [0.05, 0.1) is 25.5 Å². The van der Waals surface area contributed by atoms with Crippen LogP contribution in [-0.2, 0) is 0 Å². The van der Waals surface area contributed by atoms with Gasteiger partial charge in [-0.3, -0.25) is 4.79 Å². The second kappa shape index (κ2) is 5.61. The van der Waals surface area contributed by atoms with Crippen LogP contribution in [0.25, 0.3) is 0 Å². The average Bonchev–Trinajstić information content (AvgIpc) is 2.47. The maximum atomic E-state index is 13.9. The Bertz CT molecular complexity index is 656. The Morgan fingerprint density at radius 3 is 2.45 bits per heavy atom. The van der Waals surface area contributed by atoms with E-state index in [0.29, 0.717) is 22.7 Å². The smallest absolute Gasteiger partial charge is 0.196 e. The van der Waals surface area contributed by atoms with Crippen LogP contribution in [0.4, 0.5) is 10.1 Å². The maximum Gasteiger partial charge on any atom is 0.196 e. The van der Waals surface area contributed by atoms with Crippen LogP contribution in [0.15, 0.2) is 36.4 Å². The molecular formula is C15H14FNO3. The first-order valence-corrected chi connectivity index (χ1v) is 5.88.